The van der Waals surface area contributed by atoms with Crippen LogP contribution in [0.15, 0.2) is 54.9 Å². The lowest BCUT2D eigenvalue weighted by atomic mass is 9.92. The van der Waals surface area contributed by atoms with Crippen LogP contribution < -0.4 is 14.2 Å². The van der Waals surface area contributed by atoms with Crippen molar-refractivity contribution in [2.75, 3.05) is 33.4 Å². The van der Waals surface area contributed by atoms with Crippen molar-refractivity contribution in [3.63, 3.8) is 0 Å². The molecule has 0 amide bonds. The molecular weight excluding hydrogens is 477 g/mol. The summed E-state index contributed by atoms with van der Waals surface area (Å²) in [6.07, 6.45) is 4.91. The second kappa shape index (κ2) is 11.3. The van der Waals surface area contributed by atoms with Gasteiger partial charge in [0.05, 0.1) is 23.7 Å². The topological polar surface area (TPSA) is 69.0 Å². The lowest BCUT2D eigenvalue weighted by Crippen LogP contribution is -2.47. The highest BCUT2D eigenvalue weighted by atomic mass is 35.5. The van der Waals surface area contributed by atoms with Crippen molar-refractivity contribution in [1.29, 1.82) is 0 Å². The average Bonchev–Trinajstić information content (AvgIpc) is 3.36. The number of likely N-dealkylation sites (tertiary alicyclic amines) is 1. The largest absolute Gasteiger partial charge is 0.493 e. The van der Waals surface area contributed by atoms with Crippen LogP contribution in [0.4, 0.5) is 0 Å². The number of aromatic nitrogens is 2. The van der Waals surface area contributed by atoms with E-state index >= 15 is 0 Å². The molecule has 1 aliphatic rings. The number of hydrogen-bond donors (Lipinski definition) is 1. The van der Waals surface area contributed by atoms with E-state index in [1.165, 1.54) is 0 Å². The molecule has 0 radical (unpaired) electrons. The zero-order valence-corrected chi connectivity index (χ0v) is 20.6. The Labute approximate surface area is 209 Å². The number of nitrogens with zero attached hydrogens (tertiary/aromatic N) is 3. The minimum atomic E-state index is -0.868. The van der Waals surface area contributed by atoms with Crippen LogP contribution >= 0.6 is 23.2 Å². The van der Waals surface area contributed by atoms with Crippen LogP contribution in [0, 0.1) is 0 Å². The molecule has 3 aromatic rings. The minimum absolute atomic E-state index is 0.219. The van der Waals surface area contributed by atoms with Gasteiger partial charge in [-0.3, -0.25) is 9.58 Å². The van der Waals surface area contributed by atoms with Crippen LogP contribution in [0.2, 0.25) is 10.0 Å². The Bertz CT molecular complexity index is 1070. The lowest BCUT2D eigenvalue weighted by Gasteiger charge is -2.38. The number of ether oxygens (including phenoxy) is 3. The maximum Gasteiger partial charge on any atom is 0.161 e. The van der Waals surface area contributed by atoms with E-state index in [0.29, 0.717) is 53.3 Å². The molecule has 0 bridgehead atoms. The highest BCUT2D eigenvalue weighted by molar-refractivity contribution is 6.42. The van der Waals surface area contributed by atoms with Crippen LogP contribution in [-0.4, -0.2) is 58.8 Å². The van der Waals surface area contributed by atoms with Gasteiger partial charge in [0, 0.05) is 38.1 Å². The second-order valence-electron chi connectivity index (χ2n) is 8.47. The third-order valence-corrected chi connectivity index (χ3v) is 6.70. The molecule has 0 aliphatic carbocycles. The number of piperidine rings is 1. The monoisotopic (exact) mass is 505 g/mol. The summed E-state index contributed by atoms with van der Waals surface area (Å²) in [6.45, 7) is 3.71. The summed E-state index contributed by atoms with van der Waals surface area (Å²) in [5.74, 6) is 2.02. The maximum absolute atomic E-state index is 11.0. The van der Waals surface area contributed by atoms with Crippen molar-refractivity contribution < 1.29 is 19.3 Å². The van der Waals surface area contributed by atoms with Gasteiger partial charge in [-0.15, -0.1) is 0 Å². The summed E-state index contributed by atoms with van der Waals surface area (Å²) in [6, 6.07) is 13.0. The van der Waals surface area contributed by atoms with Gasteiger partial charge in [0.25, 0.3) is 0 Å². The molecule has 1 fully saturated rings. The van der Waals surface area contributed by atoms with Gasteiger partial charge >= 0.3 is 0 Å². The van der Waals surface area contributed by atoms with Crippen molar-refractivity contribution in [3.8, 4) is 17.2 Å². The molecule has 0 unspecified atom stereocenters. The van der Waals surface area contributed by atoms with Crippen molar-refractivity contribution >= 4 is 23.2 Å². The number of benzene rings is 2. The zero-order chi connectivity index (χ0) is 24.0. The van der Waals surface area contributed by atoms with Crippen LogP contribution in [0.25, 0.3) is 0 Å². The summed E-state index contributed by atoms with van der Waals surface area (Å²) >= 11 is 12.0. The molecule has 2 heterocycles. The van der Waals surface area contributed by atoms with Gasteiger partial charge < -0.3 is 19.3 Å². The Hall–Kier alpha value is -2.45. The number of rotatable bonds is 10. The van der Waals surface area contributed by atoms with E-state index in [1.54, 1.807) is 31.5 Å². The van der Waals surface area contributed by atoms with E-state index in [0.717, 1.165) is 25.2 Å². The highest BCUT2D eigenvalue weighted by Gasteiger charge is 2.33. The van der Waals surface area contributed by atoms with Crippen molar-refractivity contribution in [2.24, 2.45) is 0 Å². The highest BCUT2D eigenvalue weighted by Crippen LogP contribution is 2.31. The third kappa shape index (κ3) is 6.57. The molecule has 1 aromatic heterocycles. The SMILES string of the molecule is COc1cc(CN2CCC(O)(COc3ccc(Cl)c(Cl)c3)CC2)ccc1OCCn1cccn1. The molecule has 2 aromatic carbocycles. The number of halogens is 2. The summed E-state index contributed by atoms with van der Waals surface area (Å²) in [5.41, 5.74) is 0.265. The van der Waals surface area contributed by atoms with Gasteiger partial charge in [0.2, 0.25) is 0 Å². The Kier molecular flexibility index (Phi) is 8.21. The first kappa shape index (κ1) is 24.7. The van der Waals surface area contributed by atoms with Gasteiger partial charge in [-0.1, -0.05) is 29.3 Å². The lowest BCUT2D eigenvalue weighted by molar-refractivity contribution is -0.0537. The smallest absolute Gasteiger partial charge is 0.161 e. The van der Waals surface area contributed by atoms with E-state index in [-0.39, 0.29) is 6.61 Å². The molecule has 0 spiro atoms. The average molecular weight is 506 g/mol. The fourth-order valence-electron chi connectivity index (χ4n) is 3.93. The Morgan fingerprint density at radius 2 is 1.85 bits per heavy atom. The molecule has 1 aliphatic heterocycles. The molecule has 0 saturated carbocycles. The van der Waals surface area contributed by atoms with E-state index in [1.807, 2.05) is 29.1 Å². The first-order valence-electron chi connectivity index (χ1n) is 11.2. The molecule has 182 valence electrons. The van der Waals surface area contributed by atoms with Gasteiger partial charge in [-0.2, -0.15) is 5.10 Å². The van der Waals surface area contributed by atoms with Gasteiger partial charge in [-0.25, -0.2) is 0 Å². The van der Waals surface area contributed by atoms with Crippen molar-refractivity contribution in [3.05, 3.63) is 70.5 Å². The first-order valence-corrected chi connectivity index (χ1v) is 12.0. The number of aliphatic hydroxyl groups is 1. The fraction of sp³-hybridized carbons (Fsp3) is 0.400. The predicted octanol–water partition coefficient (Wildman–Crippen LogP) is 4.68. The van der Waals surface area contributed by atoms with E-state index < -0.39 is 5.60 Å². The van der Waals surface area contributed by atoms with E-state index in [4.69, 9.17) is 37.4 Å². The first-order chi connectivity index (χ1) is 16.4. The molecule has 7 nitrogen and oxygen atoms in total. The van der Waals surface area contributed by atoms with Crippen LogP contribution in [0.5, 0.6) is 17.2 Å². The van der Waals surface area contributed by atoms with E-state index in [9.17, 15) is 5.11 Å². The summed E-state index contributed by atoms with van der Waals surface area (Å²) < 4.78 is 19.1. The molecule has 9 heteroatoms. The van der Waals surface area contributed by atoms with Crippen molar-refractivity contribution in [2.45, 2.75) is 31.5 Å². The molecule has 0 atom stereocenters. The van der Waals surface area contributed by atoms with Crippen LogP contribution in [0.3, 0.4) is 0 Å². The second-order valence-corrected chi connectivity index (χ2v) is 9.28. The van der Waals surface area contributed by atoms with Crippen LogP contribution in [0.1, 0.15) is 18.4 Å². The molecular formula is C25H29Cl2N3O4. The molecule has 4 rings (SSSR count). The van der Waals surface area contributed by atoms with Gasteiger partial charge in [0.1, 0.15) is 24.6 Å². The van der Waals surface area contributed by atoms with Gasteiger partial charge in [0.15, 0.2) is 11.5 Å². The minimum Gasteiger partial charge on any atom is -0.493 e. The molecule has 1 N–H and O–H groups in total. The summed E-state index contributed by atoms with van der Waals surface area (Å²) in [7, 11) is 1.65. The molecule has 1 saturated heterocycles. The zero-order valence-electron chi connectivity index (χ0n) is 19.1. The fourth-order valence-corrected chi connectivity index (χ4v) is 4.21. The molecule has 34 heavy (non-hydrogen) atoms. The quantitative estimate of drug-likeness (QED) is 0.431. The van der Waals surface area contributed by atoms with Crippen molar-refractivity contribution in [1.82, 2.24) is 14.7 Å². The standard InChI is InChI=1S/C25H29Cl2N3O4/c1-32-24-15-19(3-6-23(24)33-14-13-30-10-2-9-28-30)17-29-11-7-25(31,8-12-29)18-34-20-4-5-21(26)22(27)16-20/h2-6,9-10,15-16,31H,7-8,11-14,17-18H2,1H3. The predicted molar refractivity (Wildman–Crippen MR) is 132 cm³/mol. The Balaban J connectivity index is 1.26. The maximum atomic E-state index is 11.0. The Morgan fingerprint density at radius 1 is 1.03 bits per heavy atom. The number of methoxy groups -OCH3 is 1. The van der Waals surface area contributed by atoms with Gasteiger partial charge in [-0.05, 0) is 48.7 Å². The summed E-state index contributed by atoms with van der Waals surface area (Å²) in [4.78, 5) is 2.32. The third-order valence-electron chi connectivity index (χ3n) is 5.96. The van der Waals surface area contributed by atoms with Crippen LogP contribution in [-0.2, 0) is 13.1 Å². The summed E-state index contributed by atoms with van der Waals surface area (Å²) in [5, 5.41) is 16.0. The Morgan fingerprint density at radius 3 is 2.56 bits per heavy atom. The normalized spacial score (nSPS) is 15.8. The van der Waals surface area contributed by atoms with E-state index in [2.05, 4.69) is 16.1 Å². The number of hydrogen-bond acceptors (Lipinski definition) is 6.